The molecule has 0 aliphatic carbocycles. The minimum absolute atomic E-state index is 0.177. The van der Waals surface area contributed by atoms with Crippen molar-refractivity contribution in [3.63, 3.8) is 0 Å². The summed E-state index contributed by atoms with van der Waals surface area (Å²) >= 11 is 0. The summed E-state index contributed by atoms with van der Waals surface area (Å²) in [4.78, 5) is 1.55. The summed E-state index contributed by atoms with van der Waals surface area (Å²) in [6, 6.07) is 10.7. The lowest BCUT2D eigenvalue weighted by Gasteiger charge is -2.23. The zero-order valence-corrected chi connectivity index (χ0v) is 13.8. The van der Waals surface area contributed by atoms with Crippen molar-refractivity contribution in [2.24, 2.45) is 0 Å². The Hall–Kier alpha value is -3.03. The third kappa shape index (κ3) is 3.83. The van der Waals surface area contributed by atoms with Crippen molar-refractivity contribution >= 4 is 9.84 Å². The zero-order valence-electron chi connectivity index (χ0n) is 13.0. The highest BCUT2D eigenvalue weighted by atomic mass is 32.2. The van der Waals surface area contributed by atoms with Gasteiger partial charge in [0.2, 0.25) is 15.9 Å². The topological polar surface area (TPSA) is 94.2 Å². The third-order valence-corrected chi connectivity index (χ3v) is 4.67. The molecule has 0 spiro atoms. The SMILES string of the molecule is CCOC1=CN(C(C#N)C#N)C=C/C1=C\S(=O)(=O)c1ccccc1. The van der Waals surface area contributed by atoms with E-state index in [1.54, 1.807) is 25.1 Å². The number of nitriles is 2. The Labute approximate surface area is 141 Å². The molecule has 1 aromatic rings. The number of sulfone groups is 1. The lowest BCUT2D eigenvalue weighted by atomic mass is 10.2. The number of hydrogen-bond acceptors (Lipinski definition) is 6. The first-order valence-corrected chi connectivity index (χ1v) is 8.68. The highest BCUT2D eigenvalue weighted by Crippen LogP contribution is 2.24. The fraction of sp³-hybridized carbons (Fsp3) is 0.176. The Morgan fingerprint density at radius 2 is 1.92 bits per heavy atom. The molecule has 122 valence electrons. The van der Waals surface area contributed by atoms with E-state index < -0.39 is 15.9 Å². The lowest BCUT2D eigenvalue weighted by Crippen LogP contribution is -2.25. The van der Waals surface area contributed by atoms with Crippen LogP contribution in [0.15, 0.2) is 70.4 Å². The summed E-state index contributed by atoms with van der Waals surface area (Å²) in [5.41, 5.74) is 0.353. The first kappa shape index (κ1) is 17.3. The Kier molecular flexibility index (Phi) is 5.41. The normalized spacial score (nSPS) is 15.8. The molecular weight excluding hydrogens is 326 g/mol. The van der Waals surface area contributed by atoms with Crippen molar-refractivity contribution in [3.05, 3.63) is 65.5 Å². The van der Waals surface area contributed by atoms with E-state index in [4.69, 9.17) is 15.3 Å². The lowest BCUT2D eigenvalue weighted by molar-refractivity contribution is 0.229. The largest absolute Gasteiger partial charge is 0.492 e. The van der Waals surface area contributed by atoms with Crippen LogP contribution in [0, 0.1) is 22.7 Å². The van der Waals surface area contributed by atoms with Gasteiger partial charge in [0.05, 0.1) is 11.5 Å². The molecular formula is C17H15N3O3S. The summed E-state index contributed by atoms with van der Waals surface area (Å²) in [7, 11) is -3.64. The predicted octanol–water partition coefficient (Wildman–Crippen LogP) is 2.47. The van der Waals surface area contributed by atoms with Gasteiger partial charge in [-0.25, -0.2) is 8.42 Å². The smallest absolute Gasteiger partial charge is 0.208 e. The van der Waals surface area contributed by atoms with Crippen LogP contribution in [0.3, 0.4) is 0 Å². The number of nitrogens with zero attached hydrogens (tertiary/aromatic N) is 3. The molecule has 0 unspecified atom stereocenters. The second kappa shape index (κ2) is 7.49. The van der Waals surface area contributed by atoms with Crippen molar-refractivity contribution in [1.29, 1.82) is 10.5 Å². The molecule has 0 bridgehead atoms. The molecule has 0 saturated heterocycles. The summed E-state index contributed by atoms with van der Waals surface area (Å²) in [5.74, 6) is 0.287. The molecule has 1 aromatic carbocycles. The van der Waals surface area contributed by atoms with Crippen molar-refractivity contribution in [1.82, 2.24) is 4.90 Å². The molecule has 1 aliphatic heterocycles. The molecule has 0 amide bonds. The molecule has 0 fully saturated rings. The van der Waals surface area contributed by atoms with Crippen LogP contribution in [-0.4, -0.2) is 26.0 Å². The van der Waals surface area contributed by atoms with E-state index in [-0.39, 0.29) is 10.7 Å². The van der Waals surface area contributed by atoms with Crippen molar-refractivity contribution in [2.75, 3.05) is 6.61 Å². The molecule has 24 heavy (non-hydrogen) atoms. The standard InChI is InChI=1S/C17H15N3O3S/c1-2-23-17-12-20(15(10-18)11-19)9-8-14(17)13-24(21,22)16-6-4-3-5-7-16/h3-9,12-13,15H,2H2,1H3/b14-13+. The number of hydrogen-bond donors (Lipinski definition) is 0. The maximum atomic E-state index is 12.5. The van der Waals surface area contributed by atoms with E-state index in [0.29, 0.717) is 12.2 Å². The van der Waals surface area contributed by atoms with Gasteiger partial charge in [0, 0.05) is 23.4 Å². The van der Waals surface area contributed by atoms with Gasteiger partial charge in [-0.05, 0) is 25.1 Å². The number of benzene rings is 1. The summed E-state index contributed by atoms with van der Waals surface area (Å²) in [5, 5.41) is 19.1. The molecule has 7 heteroatoms. The number of allylic oxidation sites excluding steroid dienone is 1. The van der Waals surface area contributed by atoms with Gasteiger partial charge in [0.15, 0.2) is 0 Å². The maximum absolute atomic E-state index is 12.5. The third-order valence-electron chi connectivity index (χ3n) is 3.17. The van der Waals surface area contributed by atoms with Crippen LogP contribution >= 0.6 is 0 Å². The van der Waals surface area contributed by atoms with Gasteiger partial charge < -0.3 is 9.64 Å². The summed E-state index contributed by atoms with van der Waals surface area (Å²) < 4.78 is 30.4. The van der Waals surface area contributed by atoms with Gasteiger partial charge in [0.25, 0.3) is 0 Å². The molecule has 0 aromatic heterocycles. The minimum Gasteiger partial charge on any atom is -0.492 e. The average molecular weight is 341 g/mol. The van der Waals surface area contributed by atoms with Gasteiger partial charge in [0.1, 0.15) is 17.9 Å². The van der Waals surface area contributed by atoms with E-state index in [9.17, 15) is 8.42 Å². The first-order valence-electron chi connectivity index (χ1n) is 7.13. The van der Waals surface area contributed by atoms with Crippen LogP contribution in [0.2, 0.25) is 0 Å². The van der Waals surface area contributed by atoms with E-state index in [1.165, 1.54) is 35.5 Å². The van der Waals surface area contributed by atoms with E-state index in [2.05, 4.69) is 0 Å². The van der Waals surface area contributed by atoms with Gasteiger partial charge in [-0.2, -0.15) is 10.5 Å². The van der Waals surface area contributed by atoms with Crippen LogP contribution in [0.1, 0.15) is 6.92 Å². The Bertz CT molecular complexity index is 858. The molecule has 0 radical (unpaired) electrons. The van der Waals surface area contributed by atoms with E-state index >= 15 is 0 Å². The van der Waals surface area contributed by atoms with Crippen molar-refractivity contribution < 1.29 is 13.2 Å². The van der Waals surface area contributed by atoms with Crippen LogP contribution < -0.4 is 0 Å². The molecule has 0 saturated carbocycles. The number of rotatable bonds is 5. The van der Waals surface area contributed by atoms with Gasteiger partial charge in [-0.1, -0.05) is 18.2 Å². The van der Waals surface area contributed by atoms with Crippen molar-refractivity contribution in [2.45, 2.75) is 17.9 Å². The number of ether oxygens (including phenoxy) is 1. The molecule has 6 nitrogen and oxygen atoms in total. The first-order chi connectivity index (χ1) is 11.5. The van der Waals surface area contributed by atoms with Crippen LogP contribution in [0.4, 0.5) is 0 Å². The fourth-order valence-corrected chi connectivity index (χ4v) is 3.24. The molecule has 0 N–H and O–H groups in total. The van der Waals surface area contributed by atoms with E-state index in [1.807, 2.05) is 12.1 Å². The molecule has 1 heterocycles. The highest BCUT2D eigenvalue weighted by molar-refractivity contribution is 7.94. The van der Waals surface area contributed by atoms with Crippen LogP contribution in [0.25, 0.3) is 0 Å². The predicted molar refractivity (Wildman–Crippen MR) is 87.4 cm³/mol. The highest BCUT2D eigenvalue weighted by Gasteiger charge is 2.21. The summed E-state index contributed by atoms with van der Waals surface area (Å²) in [6.07, 6.45) is 4.44. The monoisotopic (exact) mass is 341 g/mol. The maximum Gasteiger partial charge on any atom is 0.208 e. The Morgan fingerprint density at radius 3 is 2.50 bits per heavy atom. The second-order valence-electron chi connectivity index (χ2n) is 4.78. The van der Waals surface area contributed by atoms with Gasteiger partial charge in [-0.15, -0.1) is 0 Å². The van der Waals surface area contributed by atoms with Crippen LogP contribution in [-0.2, 0) is 14.6 Å². The minimum atomic E-state index is -3.64. The quantitative estimate of drug-likeness (QED) is 0.816. The van der Waals surface area contributed by atoms with E-state index in [0.717, 1.165) is 5.41 Å². The molecule has 1 aliphatic rings. The fourth-order valence-electron chi connectivity index (χ4n) is 2.04. The van der Waals surface area contributed by atoms with Crippen molar-refractivity contribution in [3.8, 4) is 12.1 Å². The summed E-state index contributed by atoms with van der Waals surface area (Å²) in [6.45, 7) is 2.08. The molecule has 0 atom stereocenters. The van der Waals surface area contributed by atoms with Gasteiger partial charge in [-0.3, -0.25) is 0 Å². The zero-order chi connectivity index (χ0) is 17.6. The molecule has 2 rings (SSSR count). The Morgan fingerprint density at radius 1 is 1.25 bits per heavy atom. The van der Waals surface area contributed by atoms with Crippen LogP contribution in [0.5, 0.6) is 0 Å². The average Bonchev–Trinajstić information content (AvgIpc) is 2.59. The van der Waals surface area contributed by atoms with Gasteiger partial charge >= 0.3 is 0 Å². The Balaban J connectivity index is 2.41. The second-order valence-corrected chi connectivity index (χ2v) is 6.58.